The van der Waals surface area contributed by atoms with Crippen molar-refractivity contribution >= 4 is 11.6 Å². The molecule has 5 heteroatoms. The van der Waals surface area contributed by atoms with E-state index in [-0.39, 0.29) is 12.3 Å². The van der Waals surface area contributed by atoms with Crippen molar-refractivity contribution in [1.29, 1.82) is 0 Å². The molecule has 0 radical (unpaired) electrons. The van der Waals surface area contributed by atoms with E-state index in [0.29, 0.717) is 5.75 Å². The van der Waals surface area contributed by atoms with Gasteiger partial charge >= 0.3 is 0 Å². The van der Waals surface area contributed by atoms with Gasteiger partial charge in [-0.3, -0.25) is 4.79 Å². The Kier molecular flexibility index (Phi) is 4.52. The molecule has 1 amide bonds. The van der Waals surface area contributed by atoms with E-state index in [1.807, 2.05) is 26.0 Å². The molecule has 0 heterocycles. The monoisotopic (exact) mass is 291 g/mol. The van der Waals surface area contributed by atoms with Crippen LogP contribution in [-0.4, -0.2) is 12.5 Å². The van der Waals surface area contributed by atoms with Crippen LogP contribution in [0.4, 0.5) is 14.5 Å². The highest BCUT2D eigenvalue weighted by Gasteiger charge is 2.09. The van der Waals surface area contributed by atoms with Crippen molar-refractivity contribution in [3.63, 3.8) is 0 Å². The van der Waals surface area contributed by atoms with Gasteiger partial charge in [-0.2, -0.15) is 0 Å². The van der Waals surface area contributed by atoms with E-state index in [9.17, 15) is 13.6 Å². The number of halogens is 2. The summed E-state index contributed by atoms with van der Waals surface area (Å²) in [6.45, 7) is 3.63. The van der Waals surface area contributed by atoms with Gasteiger partial charge in [0.15, 0.2) is 6.61 Å². The van der Waals surface area contributed by atoms with Gasteiger partial charge in [0.1, 0.15) is 17.4 Å². The van der Waals surface area contributed by atoms with E-state index in [1.54, 1.807) is 6.07 Å². The highest BCUT2D eigenvalue weighted by Crippen LogP contribution is 2.17. The number of anilines is 1. The molecule has 2 aromatic rings. The molecule has 0 spiro atoms. The molecular weight excluding hydrogens is 276 g/mol. The Hall–Kier alpha value is -2.43. The molecule has 0 aromatic heterocycles. The Morgan fingerprint density at radius 1 is 1.10 bits per heavy atom. The first-order valence-electron chi connectivity index (χ1n) is 6.40. The van der Waals surface area contributed by atoms with Crippen molar-refractivity contribution in [3.05, 3.63) is 59.2 Å². The first-order valence-corrected chi connectivity index (χ1v) is 6.40. The molecule has 21 heavy (non-hydrogen) atoms. The second-order valence-corrected chi connectivity index (χ2v) is 4.71. The predicted molar refractivity (Wildman–Crippen MR) is 76.4 cm³/mol. The number of hydrogen-bond donors (Lipinski definition) is 1. The topological polar surface area (TPSA) is 38.3 Å². The van der Waals surface area contributed by atoms with E-state index in [2.05, 4.69) is 5.32 Å². The number of carbonyl (C=O) groups is 1. The predicted octanol–water partition coefficient (Wildman–Crippen LogP) is 3.60. The number of benzene rings is 2. The zero-order valence-electron chi connectivity index (χ0n) is 11.7. The highest BCUT2D eigenvalue weighted by molar-refractivity contribution is 5.92. The van der Waals surface area contributed by atoms with Gasteiger partial charge in [0, 0.05) is 6.07 Å². The Bertz CT molecular complexity index is 671. The van der Waals surface area contributed by atoms with Crippen molar-refractivity contribution < 1.29 is 18.3 Å². The maximum Gasteiger partial charge on any atom is 0.262 e. The lowest BCUT2D eigenvalue weighted by Gasteiger charge is -2.09. The Labute approximate surface area is 121 Å². The van der Waals surface area contributed by atoms with Crippen LogP contribution in [0.3, 0.4) is 0 Å². The average Bonchev–Trinajstić information content (AvgIpc) is 2.44. The summed E-state index contributed by atoms with van der Waals surface area (Å²) in [4.78, 5) is 11.7. The van der Waals surface area contributed by atoms with E-state index in [0.717, 1.165) is 29.3 Å². The van der Waals surface area contributed by atoms with Crippen LogP contribution in [0.1, 0.15) is 11.1 Å². The van der Waals surface area contributed by atoms with Gasteiger partial charge in [0.2, 0.25) is 0 Å². The summed E-state index contributed by atoms with van der Waals surface area (Å²) in [6.07, 6.45) is 0. The fourth-order valence-electron chi connectivity index (χ4n) is 1.73. The van der Waals surface area contributed by atoms with Crippen LogP contribution < -0.4 is 10.1 Å². The van der Waals surface area contributed by atoms with Gasteiger partial charge in [0.25, 0.3) is 5.91 Å². The van der Waals surface area contributed by atoms with Gasteiger partial charge in [-0.1, -0.05) is 6.07 Å². The largest absolute Gasteiger partial charge is 0.484 e. The Morgan fingerprint density at radius 2 is 1.86 bits per heavy atom. The van der Waals surface area contributed by atoms with Crippen LogP contribution in [-0.2, 0) is 4.79 Å². The zero-order valence-corrected chi connectivity index (χ0v) is 11.7. The smallest absolute Gasteiger partial charge is 0.262 e. The fraction of sp³-hybridized carbons (Fsp3) is 0.188. The number of rotatable bonds is 4. The summed E-state index contributed by atoms with van der Waals surface area (Å²) in [7, 11) is 0. The third-order valence-electron chi connectivity index (χ3n) is 3.05. The van der Waals surface area contributed by atoms with Gasteiger partial charge in [-0.05, 0) is 49.2 Å². The molecule has 3 nitrogen and oxygen atoms in total. The molecule has 0 saturated carbocycles. The summed E-state index contributed by atoms with van der Waals surface area (Å²) in [5, 5.41) is 2.27. The van der Waals surface area contributed by atoms with Crippen LogP contribution >= 0.6 is 0 Å². The molecule has 0 aliphatic rings. The minimum absolute atomic E-state index is 0.205. The van der Waals surface area contributed by atoms with Crippen LogP contribution in [0.5, 0.6) is 5.75 Å². The number of hydrogen-bond acceptors (Lipinski definition) is 2. The van der Waals surface area contributed by atoms with E-state index in [4.69, 9.17) is 4.74 Å². The lowest BCUT2D eigenvalue weighted by atomic mass is 10.1. The zero-order chi connectivity index (χ0) is 15.4. The molecule has 0 fully saturated rings. The quantitative estimate of drug-likeness (QED) is 0.934. The van der Waals surface area contributed by atoms with Gasteiger partial charge in [-0.25, -0.2) is 8.78 Å². The number of carbonyl (C=O) groups excluding carboxylic acids is 1. The second kappa shape index (κ2) is 6.35. The summed E-state index contributed by atoms with van der Waals surface area (Å²) in [6, 6.07) is 8.30. The summed E-state index contributed by atoms with van der Waals surface area (Å²) >= 11 is 0. The van der Waals surface area contributed by atoms with Crippen LogP contribution in [0, 0.1) is 25.5 Å². The normalized spacial score (nSPS) is 10.3. The van der Waals surface area contributed by atoms with Gasteiger partial charge in [-0.15, -0.1) is 0 Å². The van der Waals surface area contributed by atoms with Crippen LogP contribution in [0.15, 0.2) is 36.4 Å². The maximum absolute atomic E-state index is 13.4. The molecule has 2 aromatic carbocycles. The van der Waals surface area contributed by atoms with Crippen molar-refractivity contribution in [2.75, 3.05) is 11.9 Å². The average molecular weight is 291 g/mol. The molecule has 2 rings (SSSR count). The Balaban J connectivity index is 1.95. The molecule has 0 unspecified atom stereocenters. The number of aryl methyl sites for hydroxylation is 2. The first-order chi connectivity index (χ1) is 9.95. The third-order valence-corrected chi connectivity index (χ3v) is 3.05. The number of nitrogens with one attached hydrogen (secondary N) is 1. The standard InChI is InChI=1S/C16H15F2NO2/c1-10-3-5-13(7-11(10)2)21-9-16(20)19-15-8-12(17)4-6-14(15)18/h3-8H,9H2,1-2H3,(H,19,20). The van der Waals surface area contributed by atoms with E-state index in [1.165, 1.54) is 0 Å². The van der Waals surface area contributed by atoms with Crippen LogP contribution in [0.2, 0.25) is 0 Å². The lowest BCUT2D eigenvalue weighted by Crippen LogP contribution is -2.21. The van der Waals surface area contributed by atoms with Crippen molar-refractivity contribution in [2.24, 2.45) is 0 Å². The van der Waals surface area contributed by atoms with E-state index < -0.39 is 17.5 Å². The SMILES string of the molecule is Cc1ccc(OCC(=O)Nc2cc(F)ccc2F)cc1C. The molecule has 0 atom stereocenters. The Morgan fingerprint density at radius 3 is 2.57 bits per heavy atom. The molecule has 0 aliphatic heterocycles. The van der Waals surface area contributed by atoms with Crippen molar-refractivity contribution in [3.8, 4) is 5.75 Å². The summed E-state index contributed by atoms with van der Waals surface area (Å²) in [5.74, 6) is -1.33. The number of ether oxygens (including phenoxy) is 1. The molecule has 1 N–H and O–H groups in total. The molecular formula is C16H15F2NO2. The molecule has 0 saturated heterocycles. The maximum atomic E-state index is 13.4. The highest BCUT2D eigenvalue weighted by atomic mass is 19.1. The summed E-state index contributed by atoms with van der Waals surface area (Å²) < 4.78 is 31.7. The minimum Gasteiger partial charge on any atom is -0.484 e. The summed E-state index contributed by atoms with van der Waals surface area (Å²) in [5.41, 5.74) is 1.96. The fourth-order valence-corrected chi connectivity index (χ4v) is 1.73. The van der Waals surface area contributed by atoms with Gasteiger partial charge in [0.05, 0.1) is 5.69 Å². The molecule has 0 bridgehead atoms. The van der Waals surface area contributed by atoms with E-state index >= 15 is 0 Å². The first kappa shape index (κ1) is 15.0. The third kappa shape index (κ3) is 4.02. The lowest BCUT2D eigenvalue weighted by molar-refractivity contribution is -0.118. The van der Waals surface area contributed by atoms with Gasteiger partial charge < -0.3 is 10.1 Å². The molecule has 110 valence electrons. The van der Waals surface area contributed by atoms with Crippen molar-refractivity contribution in [1.82, 2.24) is 0 Å². The van der Waals surface area contributed by atoms with Crippen molar-refractivity contribution in [2.45, 2.75) is 13.8 Å². The second-order valence-electron chi connectivity index (χ2n) is 4.71. The number of amides is 1. The minimum atomic E-state index is -0.698. The van der Waals surface area contributed by atoms with Crippen LogP contribution in [0.25, 0.3) is 0 Å². The molecule has 0 aliphatic carbocycles.